The first-order valence-electron chi connectivity index (χ1n) is 23.4. The van der Waals surface area contributed by atoms with Gasteiger partial charge in [0, 0.05) is 37.2 Å². The van der Waals surface area contributed by atoms with E-state index in [1.165, 1.54) is 24.3 Å². The fourth-order valence-corrected chi connectivity index (χ4v) is 10.7. The Morgan fingerprint density at radius 3 is 2.14 bits per heavy atom. The zero-order valence-electron chi connectivity index (χ0n) is 37.9. The minimum atomic E-state index is -2.06. The molecule has 5 aromatic rings. The fraction of sp³-hybridized carbons (Fsp3) is 0.333. The molecule has 4 aliphatic heterocycles. The third-order valence-electron chi connectivity index (χ3n) is 13.6. The van der Waals surface area contributed by atoms with Crippen LogP contribution in [0.25, 0.3) is 0 Å². The van der Waals surface area contributed by atoms with E-state index in [2.05, 4.69) is 11.8 Å². The molecular weight excluding hydrogens is 881 g/mol. The number of carbonyl (C=O) groups is 4. The summed E-state index contributed by atoms with van der Waals surface area (Å²) in [5.41, 5.74) is 0.927. The van der Waals surface area contributed by atoms with Crippen LogP contribution < -0.4 is 9.64 Å². The zero-order chi connectivity index (χ0) is 48.1. The predicted octanol–water partition coefficient (Wildman–Crippen LogP) is 7.49. The quantitative estimate of drug-likeness (QED) is 0.0576. The van der Waals surface area contributed by atoms with E-state index in [1.54, 1.807) is 41.3 Å². The maximum absolute atomic E-state index is 16.6. The van der Waals surface area contributed by atoms with Gasteiger partial charge in [0.2, 0.25) is 11.8 Å². The molecule has 0 saturated carbocycles. The Balaban J connectivity index is 1.32. The first kappa shape index (κ1) is 46.7. The minimum Gasteiger partial charge on any atom is -0.491 e. The predicted molar refractivity (Wildman–Crippen MR) is 252 cm³/mol. The van der Waals surface area contributed by atoms with Crippen LogP contribution in [0.3, 0.4) is 0 Å². The first-order chi connectivity index (χ1) is 33.7. The Labute approximate surface area is 399 Å². The zero-order valence-corrected chi connectivity index (χ0v) is 37.9. The third kappa shape index (κ3) is 8.83. The van der Waals surface area contributed by atoms with Crippen LogP contribution in [-0.2, 0) is 35.9 Å². The molecule has 15 heteroatoms. The van der Waals surface area contributed by atoms with Gasteiger partial charge in [-0.05, 0) is 83.1 Å². The number of nitro benzene ring substituents is 1. The molecule has 3 amide bonds. The van der Waals surface area contributed by atoms with Crippen LogP contribution in [0, 0.1) is 27.9 Å². The van der Waals surface area contributed by atoms with Crippen molar-refractivity contribution in [2.24, 2.45) is 5.92 Å². The number of imide groups is 1. The molecule has 6 atom stereocenters. The van der Waals surface area contributed by atoms with Gasteiger partial charge in [-0.2, -0.15) is 0 Å². The number of hydrogen-bond acceptors (Lipinski definition) is 12. The molecule has 9 rings (SSSR count). The van der Waals surface area contributed by atoms with Crippen molar-refractivity contribution >= 4 is 35.3 Å². The molecule has 3 saturated heterocycles. The maximum atomic E-state index is 16.6. The van der Waals surface area contributed by atoms with Crippen LogP contribution in [0.4, 0.5) is 16.2 Å². The van der Waals surface area contributed by atoms with Gasteiger partial charge < -0.3 is 29.3 Å². The lowest BCUT2D eigenvalue weighted by Crippen LogP contribution is -2.56. The lowest BCUT2D eigenvalue weighted by molar-refractivity contribution is -0.384. The highest BCUT2D eigenvalue weighted by molar-refractivity contribution is 6.23. The number of cyclic esters (lactones) is 1. The number of nitrogens with zero attached hydrogens (tertiary/aromatic N) is 4. The van der Waals surface area contributed by atoms with Gasteiger partial charge in [0.25, 0.3) is 5.69 Å². The van der Waals surface area contributed by atoms with Crippen molar-refractivity contribution in [3.63, 3.8) is 0 Å². The van der Waals surface area contributed by atoms with Crippen LogP contribution in [0.1, 0.15) is 90.1 Å². The first-order valence-corrected chi connectivity index (χ1v) is 23.4. The summed E-state index contributed by atoms with van der Waals surface area (Å²) in [5, 5.41) is 30.9. The summed E-state index contributed by atoms with van der Waals surface area (Å²) >= 11 is 0. The van der Waals surface area contributed by atoms with E-state index in [9.17, 15) is 25.1 Å². The number of rotatable bonds is 11. The number of benzene rings is 5. The number of aliphatic hydroxyl groups excluding tert-OH is 2. The number of fused-ring (bicyclic) bond motifs is 3. The molecule has 0 bridgehead atoms. The molecule has 4 heterocycles. The van der Waals surface area contributed by atoms with Crippen LogP contribution in [0.2, 0.25) is 0 Å². The van der Waals surface area contributed by atoms with Crippen molar-refractivity contribution in [2.45, 2.75) is 74.8 Å². The normalized spacial score (nSPS) is 23.2. The van der Waals surface area contributed by atoms with Gasteiger partial charge in [0.1, 0.15) is 36.5 Å². The number of anilines is 1. The van der Waals surface area contributed by atoms with Gasteiger partial charge in [-0.3, -0.25) is 29.4 Å². The van der Waals surface area contributed by atoms with E-state index < -0.39 is 64.4 Å². The lowest BCUT2D eigenvalue weighted by Gasteiger charge is -2.46. The fourth-order valence-electron chi connectivity index (χ4n) is 10.7. The number of morpholine rings is 1. The van der Waals surface area contributed by atoms with Crippen LogP contribution >= 0.6 is 0 Å². The van der Waals surface area contributed by atoms with Crippen molar-refractivity contribution in [1.82, 2.24) is 9.80 Å². The molecule has 0 aromatic heterocycles. The van der Waals surface area contributed by atoms with Crippen molar-refractivity contribution < 1.29 is 48.5 Å². The number of likely N-dealkylation sites (tertiary alicyclic amines) is 1. The lowest BCUT2D eigenvalue weighted by atomic mass is 9.64. The summed E-state index contributed by atoms with van der Waals surface area (Å²) in [4.78, 5) is 78.6. The van der Waals surface area contributed by atoms with Crippen molar-refractivity contribution in [3.05, 3.63) is 171 Å². The number of ether oxygens (including phenoxy) is 3. The Bertz CT molecular complexity index is 2770. The molecule has 1 spiro atoms. The molecule has 4 aliphatic rings. The molecule has 15 nitrogen and oxygen atoms in total. The van der Waals surface area contributed by atoms with Gasteiger partial charge in [0.15, 0.2) is 0 Å². The van der Waals surface area contributed by atoms with E-state index in [-0.39, 0.29) is 49.8 Å². The Morgan fingerprint density at radius 1 is 0.783 bits per heavy atom. The average Bonchev–Trinajstić information content (AvgIpc) is 3.82. The molecule has 2 N–H and O–H groups in total. The number of amides is 3. The molecule has 354 valence electrons. The average molecular weight is 933 g/mol. The highest BCUT2D eigenvalue weighted by Gasteiger charge is 2.76. The summed E-state index contributed by atoms with van der Waals surface area (Å²) in [6, 6.07) is 32.9. The molecule has 5 aromatic carbocycles. The van der Waals surface area contributed by atoms with E-state index in [1.807, 2.05) is 71.6 Å². The highest BCUT2D eigenvalue weighted by Crippen LogP contribution is 2.66. The van der Waals surface area contributed by atoms with Gasteiger partial charge in [-0.25, -0.2) is 9.69 Å². The van der Waals surface area contributed by atoms with Crippen LogP contribution in [-0.4, -0.2) is 87.8 Å². The van der Waals surface area contributed by atoms with E-state index in [0.29, 0.717) is 53.9 Å². The van der Waals surface area contributed by atoms with E-state index in [4.69, 9.17) is 14.2 Å². The van der Waals surface area contributed by atoms with Crippen LogP contribution in [0.5, 0.6) is 5.75 Å². The Morgan fingerprint density at radius 2 is 1.46 bits per heavy atom. The number of hydrogen-bond donors (Lipinski definition) is 2. The topological polar surface area (TPSA) is 189 Å². The summed E-state index contributed by atoms with van der Waals surface area (Å²) < 4.78 is 18.5. The summed E-state index contributed by atoms with van der Waals surface area (Å²) in [6.45, 7) is -0.102. The van der Waals surface area contributed by atoms with Gasteiger partial charge in [-0.15, -0.1) is 0 Å². The molecule has 0 radical (unpaired) electrons. The number of aliphatic hydroxyl groups is 2. The maximum Gasteiger partial charge on any atom is 0.421 e. The van der Waals surface area contributed by atoms with Gasteiger partial charge in [0.05, 0.1) is 41.8 Å². The van der Waals surface area contributed by atoms with Crippen LogP contribution in [0.15, 0.2) is 127 Å². The Hall–Kier alpha value is -7.38. The summed E-state index contributed by atoms with van der Waals surface area (Å²) in [5.74, 6) is 2.96. The van der Waals surface area contributed by atoms with Gasteiger partial charge >= 0.3 is 12.1 Å². The molecule has 3 fully saturated rings. The van der Waals surface area contributed by atoms with E-state index >= 15 is 14.4 Å². The second kappa shape index (κ2) is 20.5. The number of esters is 1. The van der Waals surface area contributed by atoms with Gasteiger partial charge in [-0.1, -0.05) is 104 Å². The molecule has 0 aliphatic carbocycles. The summed E-state index contributed by atoms with van der Waals surface area (Å²) in [6.07, 6.45) is 2.35. The van der Waals surface area contributed by atoms with Crippen molar-refractivity contribution in [1.29, 1.82) is 0 Å². The standard InChI is InChI=1S/C54H52N4O11/c59-30-13-10-15-36-24-27-44-43(33-36)54(52(63)56(44)53(64)68-35-37-22-25-41(26-23-37)58(65)66)45(50(61)55-28-11-2-1-3-12-29-55)47-51(62)69-48(39-18-8-5-9-19-39)46(38-16-6-4-7-17-38)57(47)49(54)40-20-14-21-42(34-40)67-32-31-60/h4-9,14,16-27,33-34,45-49,59-60H,1-3,11-13,28-32,35H2. The largest absolute Gasteiger partial charge is 0.491 e. The molecule has 6 unspecified atom stereocenters. The second-order valence-electron chi connectivity index (χ2n) is 17.6. The third-order valence-corrected chi connectivity index (χ3v) is 13.6. The second-order valence-corrected chi connectivity index (χ2v) is 17.6. The highest BCUT2D eigenvalue weighted by atomic mass is 16.6. The molecule has 69 heavy (non-hydrogen) atoms. The molecular formula is C54H52N4O11. The number of non-ortho nitro benzene ring substituents is 1. The summed E-state index contributed by atoms with van der Waals surface area (Å²) in [7, 11) is 0. The van der Waals surface area contributed by atoms with Crippen molar-refractivity contribution in [2.75, 3.05) is 37.8 Å². The minimum absolute atomic E-state index is 0.0390. The Kier molecular flexibility index (Phi) is 13.9. The van der Waals surface area contributed by atoms with Crippen molar-refractivity contribution in [3.8, 4) is 17.6 Å². The van der Waals surface area contributed by atoms with E-state index in [0.717, 1.165) is 29.7 Å². The number of carbonyl (C=O) groups excluding carboxylic acids is 4. The smallest absolute Gasteiger partial charge is 0.421 e. The monoisotopic (exact) mass is 932 g/mol. The SMILES string of the molecule is O=C1OC(c2ccccc2)C(c2ccccc2)N2C1C(C(=O)N1CCCCCCC1)C1(C(=O)N(C(=O)OCc3ccc([N+](=O)[O-])cc3)c3ccc(C#CCCO)cc31)C2c1cccc(OCCO)c1. The number of nitro groups is 1.